The second-order valence-electron chi connectivity index (χ2n) is 4.21. The first-order valence-electron chi connectivity index (χ1n) is 6.36. The van der Waals surface area contributed by atoms with E-state index in [9.17, 15) is 0 Å². The zero-order valence-corrected chi connectivity index (χ0v) is 11.1. The van der Waals surface area contributed by atoms with E-state index in [0.29, 0.717) is 0 Å². The summed E-state index contributed by atoms with van der Waals surface area (Å²) >= 11 is 0. The van der Waals surface area contributed by atoms with E-state index in [2.05, 4.69) is 43.0 Å². The molecule has 0 saturated carbocycles. The lowest BCUT2D eigenvalue weighted by Gasteiger charge is -2.13. The number of hydrogen-bond donors (Lipinski definition) is 3. The van der Waals surface area contributed by atoms with Crippen LogP contribution in [0.3, 0.4) is 0 Å². The number of benzene rings is 1. The topological polar surface area (TPSA) is 50.1 Å². The average molecular weight is 245 g/mol. The molecule has 0 aromatic heterocycles. The van der Waals surface area contributed by atoms with Crippen LogP contribution in [-0.4, -0.2) is 6.54 Å². The van der Waals surface area contributed by atoms with Crippen molar-refractivity contribution in [2.45, 2.75) is 26.2 Å². The standard InChI is InChI=1S/C15H23N3/c1-4-6-7-8-14-11-13(12(3)18-16)9-10-15(14)17-5-2/h4,9-11,17-18H,1,3,5-8,16H2,2H3. The Balaban J connectivity index is 2.91. The summed E-state index contributed by atoms with van der Waals surface area (Å²) in [5.74, 6) is 5.39. The molecule has 18 heavy (non-hydrogen) atoms. The van der Waals surface area contributed by atoms with Crippen LogP contribution in [0, 0.1) is 0 Å². The predicted molar refractivity (Wildman–Crippen MR) is 80.1 cm³/mol. The van der Waals surface area contributed by atoms with Crippen molar-refractivity contribution in [3.05, 3.63) is 48.6 Å². The largest absolute Gasteiger partial charge is 0.385 e. The van der Waals surface area contributed by atoms with Crippen LogP contribution in [0.5, 0.6) is 0 Å². The summed E-state index contributed by atoms with van der Waals surface area (Å²) in [6, 6.07) is 6.26. The van der Waals surface area contributed by atoms with Crippen molar-refractivity contribution in [2.24, 2.45) is 5.84 Å². The molecule has 1 aromatic carbocycles. The van der Waals surface area contributed by atoms with Gasteiger partial charge in [0.2, 0.25) is 0 Å². The molecule has 98 valence electrons. The summed E-state index contributed by atoms with van der Waals surface area (Å²) in [5, 5.41) is 3.38. The van der Waals surface area contributed by atoms with Crippen LogP contribution < -0.4 is 16.6 Å². The Hall–Kier alpha value is -1.74. The lowest BCUT2D eigenvalue weighted by molar-refractivity contribution is 0.843. The van der Waals surface area contributed by atoms with Gasteiger partial charge >= 0.3 is 0 Å². The molecule has 0 heterocycles. The van der Waals surface area contributed by atoms with Crippen molar-refractivity contribution < 1.29 is 0 Å². The number of hydrazine groups is 1. The molecule has 1 aromatic rings. The zero-order valence-electron chi connectivity index (χ0n) is 11.1. The van der Waals surface area contributed by atoms with E-state index in [1.54, 1.807) is 0 Å². The molecule has 3 heteroatoms. The van der Waals surface area contributed by atoms with Crippen molar-refractivity contribution in [3.63, 3.8) is 0 Å². The second kappa shape index (κ2) is 7.56. The first-order chi connectivity index (χ1) is 8.72. The molecule has 0 amide bonds. The normalized spacial score (nSPS) is 9.89. The molecule has 3 nitrogen and oxygen atoms in total. The molecular formula is C15H23N3. The fourth-order valence-electron chi connectivity index (χ4n) is 1.87. The summed E-state index contributed by atoms with van der Waals surface area (Å²) < 4.78 is 0. The third kappa shape index (κ3) is 3.93. The Kier molecular flexibility index (Phi) is 6.01. The Morgan fingerprint density at radius 3 is 2.83 bits per heavy atom. The van der Waals surface area contributed by atoms with Gasteiger partial charge in [-0.25, -0.2) is 0 Å². The lowest BCUT2D eigenvalue weighted by Crippen LogP contribution is -2.19. The molecule has 0 saturated heterocycles. The van der Waals surface area contributed by atoms with Crippen LogP contribution in [0.25, 0.3) is 5.70 Å². The van der Waals surface area contributed by atoms with Gasteiger partial charge in [0, 0.05) is 17.9 Å². The number of allylic oxidation sites excluding steroid dienone is 1. The molecule has 1 rings (SSSR count). The van der Waals surface area contributed by atoms with Crippen LogP contribution in [0.4, 0.5) is 5.69 Å². The van der Waals surface area contributed by atoms with Crippen LogP contribution in [0.2, 0.25) is 0 Å². The molecule has 0 bridgehead atoms. The summed E-state index contributed by atoms with van der Waals surface area (Å²) in [4.78, 5) is 0. The Morgan fingerprint density at radius 1 is 1.44 bits per heavy atom. The van der Waals surface area contributed by atoms with Gasteiger partial charge in [0.25, 0.3) is 0 Å². The van der Waals surface area contributed by atoms with Crippen molar-refractivity contribution >= 4 is 11.4 Å². The van der Waals surface area contributed by atoms with Gasteiger partial charge in [-0.2, -0.15) is 0 Å². The molecule has 4 N–H and O–H groups in total. The predicted octanol–water partition coefficient (Wildman–Crippen LogP) is 3.06. The average Bonchev–Trinajstić information content (AvgIpc) is 2.40. The van der Waals surface area contributed by atoms with Gasteiger partial charge in [0.05, 0.1) is 0 Å². The first-order valence-corrected chi connectivity index (χ1v) is 6.36. The monoisotopic (exact) mass is 245 g/mol. The minimum Gasteiger partial charge on any atom is -0.385 e. The second-order valence-corrected chi connectivity index (χ2v) is 4.21. The third-order valence-corrected chi connectivity index (χ3v) is 2.85. The Labute approximate surface area is 110 Å². The van der Waals surface area contributed by atoms with E-state index in [4.69, 9.17) is 5.84 Å². The van der Waals surface area contributed by atoms with Crippen molar-refractivity contribution in [1.29, 1.82) is 0 Å². The minimum absolute atomic E-state index is 0.739. The third-order valence-electron chi connectivity index (χ3n) is 2.85. The van der Waals surface area contributed by atoms with Crippen LogP contribution in [-0.2, 0) is 6.42 Å². The number of aryl methyl sites for hydroxylation is 1. The highest BCUT2D eigenvalue weighted by Crippen LogP contribution is 2.22. The van der Waals surface area contributed by atoms with E-state index in [1.165, 1.54) is 11.3 Å². The van der Waals surface area contributed by atoms with Gasteiger partial charge in [-0.15, -0.1) is 6.58 Å². The Morgan fingerprint density at radius 2 is 2.22 bits per heavy atom. The van der Waals surface area contributed by atoms with E-state index >= 15 is 0 Å². The van der Waals surface area contributed by atoms with E-state index in [1.807, 2.05) is 12.1 Å². The van der Waals surface area contributed by atoms with Gasteiger partial charge in [-0.3, -0.25) is 5.84 Å². The highest BCUT2D eigenvalue weighted by Gasteiger charge is 2.05. The highest BCUT2D eigenvalue weighted by molar-refractivity contribution is 5.66. The summed E-state index contributed by atoms with van der Waals surface area (Å²) in [6.07, 6.45) is 5.12. The fraction of sp³-hybridized carbons (Fsp3) is 0.333. The molecule has 0 aliphatic carbocycles. The van der Waals surface area contributed by atoms with Crippen LogP contribution in [0.1, 0.15) is 30.9 Å². The van der Waals surface area contributed by atoms with Gasteiger partial charge < -0.3 is 10.7 Å². The summed E-state index contributed by atoms with van der Waals surface area (Å²) in [7, 11) is 0. The van der Waals surface area contributed by atoms with Crippen LogP contribution in [0.15, 0.2) is 37.4 Å². The van der Waals surface area contributed by atoms with Crippen molar-refractivity contribution in [3.8, 4) is 0 Å². The van der Waals surface area contributed by atoms with E-state index in [-0.39, 0.29) is 0 Å². The number of rotatable bonds is 8. The number of anilines is 1. The SMILES string of the molecule is C=CCCCc1cc(C(=C)NN)ccc1NCC. The molecule has 0 spiro atoms. The number of nitrogens with one attached hydrogen (secondary N) is 2. The maximum Gasteiger partial charge on any atom is 0.0485 e. The zero-order chi connectivity index (χ0) is 13.4. The highest BCUT2D eigenvalue weighted by atomic mass is 15.2. The molecular weight excluding hydrogens is 222 g/mol. The van der Waals surface area contributed by atoms with Crippen molar-refractivity contribution in [2.75, 3.05) is 11.9 Å². The first kappa shape index (κ1) is 14.3. The fourth-order valence-corrected chi connectivity index (χ4v) is 1.87. The quantitative estimate of drug-likeness (QED) is 0.285. The molecule has 0 unspecified atom stereocenters. The number of nitrogens with two attached hydrogens (primary N) is 1. The van der Waals surface area contributed by atoms with E-state index < -0.39 is 0 Å². The molecule has 0 radical (unpaired) electrons. The van der Waals surface area contributed by atoms with Crippen molar-refractivity contribution in [1.82, 2.24) is 5.43 Å². The maximum atomic E-state index is 5.39. The van der Waals surface area contributed by atoms with Gasteiger partial charge in [-0.1, -0.05) is 18.7 Å². The maximum absolute atomic E-state index is 5.39. The Bertz CT molecular complexity index is 410. The minimum atomic E-state index is 0.739. The summed E-state index contributed by atoms with van der Waals surface area (Å²) in [5.41, 5.74) is 6.86. The van der Waals surface area contributed by atoms with Gasteiger partial charge in [0.15, 0.2) is 0 Å². The van der Waals surface area contributed by atoms with E-state index in [0.717, 1.165) is 37.1 Å². The number of unbranched alkanes of at least 4 members (excludes halogenated alkanes) is 1. The van der Waals surface area contributed by atoms with Gasteiger partial charge in [-0.05, 0) is 49.4 Å². The molecule has 0 aliphatic rings. The lowest BCUT2D eigenvalue weighted by atomic mass is 10.0. The molecule has 0 aliphatic heterocycles. The number of hydrogen-bond acceptors (Lipinski definition) is 3. The summed E-state index contributed by atoms with van der Waals surface area (Å²) in [6.45, 7) is 10.7. The molecule has 0 atom stereocenters. The smallest absolute Gasteiger partial charge is 0.0485 e. The van der Waals surface area contributed by atoms with Gasteiger partial charge in [0.1, 0.15) is 0 Å². The molecule has 0 fully saturated rings. The van der Waals surface area contributed by atoms with Crippen LogP contribution >= 0.6 is 0 Å².